The summed E-state index contributed by atoms with van der Waals surface area (Å²) in [4.78, 5) is 7.18. The number of aromatic nitrogens is 2. The fraction of sp³-hybridized carbons (Fsp3) is 0.667. The fourth-order valence-corrected chi connectivity index (χ4v) is 4.75. The molecule has 0 aliphatic carbocycles. The van der Waals surface area contributed by atoms with Crippen molar-refractivity contribution in [2.45, 2.75) is 53.2 Å². The molecule has 3 heterocycles. The molecule has 3 atom stereocenters. The lowest BCUT2D eigenvalue weighted by Crippen LogP contribution is -2.28. The molecular weight excluding hydrogens is 310 g/mol. The topological polar surface area (TPSA) is 41.3 Å². The van der Waals surface area contributed by atoms with Crippen LogP contribution >= 0.6 is 0 Å². The van der Waals surface area contributed by atoms with Gasteiger partial charge in [-0.25, -0.2) is 4.98 Å². The molecule has 2 aliphatic heterocycles. The van der Waals surface area contributed by atoms with Crippen molar-refractivity contribution in [3.8, 4) is 0 Å². The highest BCUT2D eigenvalue weighted by Crippen LogP contribution is 2.42. The standard InChI is InChI=1S/C21H33N3O/c1-5-6-15(2)19-9-12-24-18(14-25)13-22-21(24)20(16(19)3)17-7-10-23(4)11-8-17/h5-6,13,15-16,19,25H,7-12,14H2,1-4H3. The number of hydrogen-bond acceptors (Lipinski definition) is 3. The van der Waals surface area contributed by atoms with E-state index in [0.717, 1.165) is 50.4 Å². The molecule has 0 saturated carbocycles. The second-order valence-corrected chi connectivity index (χ2v) is 7.83. The maximum atomic E-state index is 9.74. The third-order valence-corrected chi connectivity index (χ3v) is 6.27. The molecule has 1 fully saturated rings. The van der Waals surface area contributed by atoms with E-state index in [1.165, 1.54) is 5.57 Å². The van der Waals surface area contributed by atoms with Crippen LogP contribution in [0.5, 0.6) is 0 Å². The average Bonchev–Trinajstić information content (AvgIpc) is 2.93. The lowest BCUT2D eigenvalue weighted by molar-refractivity contribution is 0.266. The Kier molecular flexibility index (Phi) is 5.80. The average molecular weight is 344 g/mol. The van der Waals surface area contributed by atoms with Gasteiger partial charge in [0.2, 0.25) is 0 Å². The Morgan fingerprint density at radius 1 is 1.32 bits per heavy atom. The first-order chi connectivity index (χ1) is 12.1. The van der Waals surface area contributed by atoms with Crippen LogP contribution in [0.25, 0.3) is 5.57 Å². The number of imidazole rings is 1. The molecule has 2 aliphatic rings. The molecule has 1 aromatic heterocycles. The number of fused-ring (bicyclic) bond motifs is 1. The normalized spacial score (nSPS) is 26.8. The Labute approximate surface area is 152 Å². The molecule has 3 unspecified atom stereocenters. The molecule has 3 rings (SSSR count). The van der Waals surface area contributed by atoms with Gasteiger partial charge in [-0.2, -0.15) is 0 Å². The molecule has 1 N–H and O–H groups in total. The number of rotatable bonds is 3. The van der Waals surface area contributed by atoms with Gasteiger partial charge in [-0.15, -0.1) is 0 Å². The first kappa shape index (κ1) is 18.4. The van der Waals surface area contributed by atoms with Crippen molar-refractivity contribution in [2.24, 2.45) is 17.8 Å². The van der Waals surface area contributed by atoms with Gasteiger partial charge in [-0.1, -0.05) is 31.6 Å². The van der Waals surface area contributed by atoms with Crippen LogP contribution in [-0.2, 0) is 13.2 Å². The van der Waals surface area contributed by atoms with E-state index in [1.54, 1.807) is 5.57 Å². The van der Waals surface area contributed by atoms with Gasteiger partial charge < -0.3 is 14.6 Å². The van der Waals surface area contributed by atoms with E-state index < -0.39 is 0 Å². The van der Waals surface area contributed by atoms with Crippen molar-refractivity contribution >= 4 is 5.57 Å². The van der Waals surface area contributed by atoms with Crippen LogP contribution in [0, 0.1) is 17.8 Å². The maximum absolute atomic E-state index is 9.74. The Bertz CT molecular complexity index is 648. The molecule has 0 amide bonds. The maximum Gasteiger partial charge on any atom is 0.136 e. The molecule has 138 valence electrons. The van der Waals surface area contributed by atoms with Crippen molar-refractivity contribution in [1.82, 2.24) is 14.5 Å². The predicted octanol–water partition coefficient (Wildman–Crippen LogP) is 3.72. The van der Waals surface area contributed by atoms with E-state index >= 15 is 0 Å². The highest BCUT2D eigenvalue weighted by atomic mass is 16.3. The molecule has 1 saturated heterocycles. The second-order valence-electron chi connectivity index (χ2n) is 7.83. The summed E-state index contributed by atoms with van der Waals surface area (Å²) in [6.07, 6.45) is 9.82. The second kappa shape index (κ2) is 7.88. The SMILES string of the molecule is CC=CC(C)C1CCn2c(CO)cnc2C(=C2CCN(C)CC2)C1C. The molecular formula is C21H33N3O. The summed E-state index contributed by atoms with van der Waals surface area (Å²) in [5.74, 6) is 2.79. The lowest BCUT2D eigenvalue weighted by Gasteiger charge is -2.31. The van der Waals surface area contributed by atoms with Crippen LogP contribution in [-0.4, -0.2) is 39.7 Å². The van der Waals surface area contributed by atoms with Crippen LogP contribution in [0.3, 0.4) is 0 Å². The summed E-state index contributed by atoms with van der Waals surface area (Å²) < 4.78 is 2.28. The van der Waals surface area contributed by atoms with Crippen LogP contribution in [0.15, 0.2) is 23.9 Å². The van der Waals surface area contributed by atoms with E-state index in [4.69, 9.17) is 4.98 Å². The predicted molar refractivity (Wildman–Crippen MR) is 103 cm³/mol. The van der Waals surface area contributed by atoms with Crippen LogP contribution in [0.2, 0.25) is 0 Å². The minimum Gasteiger partial charge on any atom is -0.390 e. The number of nitrogens with zero attached hydrogens (tertiary/aromatic N) is 3. The molecule has 0 aromatic carbocycles. The molecule has 4 heteroatoms. The van der Waals surface area contributed by atoms with Gasteiger partial charge in [-0.05, 0) is 56.6 Å². The number of aliphatic hydroxyl groups is 1. The number of hydrogen-bond donors (Lipinski definition) is 1. The first-order valence-corrected chi connectivity index (χ1v) is 9.75. The third-order valence-electron chi connectivity index (χ3n) is 6.27. The van der Waals surface area contributed by atoms with Crippen molar-refractivity contribution in [1.29, 1.82) is 0 Å². The molecule has 0 radical (unpaired) electrons. The summed E-state index contributed by atoms with van der Waals surface area (Å²) in [5.41, 5.74) is 4.00. The largest absolute Gasteiger partial charge is 0.390 e. The van der Waals surface area contributed by atoms with Gasteiger partial charge in [0.15, 0.2) is 0 Å². The van der Waals surface area contributed by atoms with Crippen molar-refractivity contribution in [2.75, 3.05) is 20.1 Å². The first-order valence-electron chi connectivity index (χ1n) is 9.75. The molecule has 0 spiro atoms. The summed E-state index contributed by atoms with van der Waals surface area (Å²) in [6, 6.07) is 0. The van der Waals surface area contributed by atoms with Crippen molar-refractivity contribution < 1.29 is 5.11 Å². The smallest absolute Gasteiger partial charge is 0.136 e. The minimum atomic E-state index is 0.0712. The summed E-state index contributed by atoms with van der Waals surface area (Å²) >= 11 is 0. The van der Waals surface area contributed by atoms with E-state index in [0.29, 0.717) is 17.8 Å². The minimum absolute atomic E-state index is 0.0712. The quantitative estimate of drug-likeness (QED) is 0.851. The zero-order chi connectivity index (χ0) is 18.0. The molecule has 0 bridgehead atoms. The Morgan fingerprint density at radius 3 is 2.68 bits per heavy atom. The van der Waals surface area contributed by atoms with Gasteiger partial charge in [0.1, 0.15) is 5.82 Å². The summed E-state index contributed by atoms with van der Waals surface area (Å²) in [5, 5.41) is 9.74. The van der Waals surface area contributed by atoms with Crippen molar-refractivity contribution in [3.05, 3.63) is 35.4 Å². The number of allylic oxidation sites excluding steroid dienone is 3. The monoisotopic (exact) mass is 343 g/mol. The summed E-state index contributed by atoms with van der Waals surface area (Å²) in [7, 11) is 2.21. The zero-order valence-electron chi connectivity index (χ0n) is 16.2. The van der Waals surface area contributed by atoms with Gasteiger partial charge in [0.25, 0.3) is 0 Å². The van der Waals surface area contributed by atoms with Crippen LogP contribution in [0.1, 0.15) is 51.6 Å². The number of likely N-dealkylation sites (tertiary alicyclic amines) is 1. The number of aliphatic hydroxyl groups excluding tert-OH is 1. The van der Waals surface area contributed by atoms with E-state index in [1.807, 2.05) is 6.20 Å². The van der Waals surface area contributed by atoms with E-state index in [9.17, 15) is 5.11 Å². The molecule has 4 nitrogen and oxygen atoms in total. The molecule has 1 aromatic rings. The Morgan fingerprint density at radius 2 is 2.04 bits per heavy atom. The highest BCUT2D eigenvalue weighted by Gasteiger charge is 2.33. The van der Waals surface area contributed by atoms with Crippen LogP contribution in [0.4, 0.5) is 0 Å². The van der Waals surface area contributed by atoms with Crippen molar-refractivity contribution in [3.63, 3.8) is 0 Å². The van der Waals surface area contributed by atoms with Gasteiger partial charge in [-0.3, -0.25) is 0 Å². The Hall–Kier alpha value is -1.39. The Balaban J connectivity index is 2.06. The van der Waals surface area contributed by atoms with Gasteiger partial charge in [0.05, 0.1) is 18.5 Å². The zero-order valence-corrected chi connectivity index (χ0v) is 16.2. The highest BCUT2D eigenvalue weighted by molar-refractivity contribution is 5.67. The number of piperidine rings is 1. The molecule has 25 heavy (non-hydrogen) atoms. The van der Waals surface area contributed by atoms with E-state index in [-0.39, 0.29) is 6.61 Å². The lowest BCUT2D eigenvalue weighted by atomic mass is 9.75. The summed E-state index contributed by atoms with van der Waals surface area (Å²) in [6.45, 7) is 10.2. The third kappa shape index (κ3) is 3.61. The van der Waals surface area contributed by atoms with Gasteiger partial charge >= 0.3 is 0 Å². The van der Waals surface area contributed by atoms with E-state index in [2.05, 4.69) is 49.4 Å². The van der Waals surface area contributed by atoms with Gasteiger partial charge in [0, 0.05) is 19.6 Å². The fourth-order valence-electron chi connectivity index (χ4n) is 4.75. The van der Waals surface area contributed by atoms with Crippen LogP contribution < -0.4 is 0 Å².